The second kappa shape index (κ2) is 9.50. The average Bonchev–Trinajstić information content (AvgIpc) is 2.39. The molecule has 0 saturated carbocycles. The highest BCUT2D eigenvalue weighted by Gasteiger charge is 2.02. The van der Waals surface area contributed by atoms with Crippen LogP contribution in [0.25, 0.3) is 0 Å². The normalized spacial score (nSPS) is 11.0. The highest BCUT2D eigenvalue weighted by atomic mass is 16.5. The first-order chi connectivity index (χ1) is 9.61. The van der Waals surface area contributed by atoms with E-state index in [0.29, 0.717) is 30.8 Å². The lowest BCUT2D eigenvalue weighted by Gasteiger charge is -2.09. The summed E-state index contributed by atoms with van der Waals surface area (Å²) in [6, 6.07) is 1.73. The number of nitrogen functional groups attached to an aromatic ring is 1. The average molecular weight is 282 g/mol. The highest BCUT2D eigenvalue weighted by molar-refractivity contribution is 5.44. The fourth-order valence-corrected chi connectivity index (χ4v) is 1.58. The van der Waals surface area contributed by atoms with Crippen molar-refractivity contribution in [3.05, 3.63) is 11.9 Å². The molecule has 0 aliphatic rings. The zero-order valence-electron chi connectivity index (χ0n) is 12.7. The smallest absolute Gasteiger partial charge is 0.158 e. The number of nitrogens with zero attached hydrogens (tertiary/aromatic N) is 2. The van der Waals surface area contributed by atoms with Crippen LogP contribution in [0.3, 0.4) is 0 Å². The van der Waals surface area contributed by atoms with Crippen molar-refractivity contribution in [3.63, 3.8) is 0 Å². The number of rotatable bonds is 10. The molecule has 0 saturated heterocycles. The second-order valence-corrected chi connectivity index (χ2v) is 4.98. The van der Waals surface area contributed by atoms with Gasteiger partial charge in [0.1, 0.15) is 18.2 Å². The van der Waals surface area contributed by atoms with Gasteiger partial charge in [-0.15, -0.1) is 0 Å². The molecule has 0 radical (unpaired) electrons. The molecule has 0 aliphatic carbocycles. The molecule has 0 aliphatic heterocycles. The molecule has 0 unspecified atom stereocenters. The molecule has 3 N–H and O–H groups in total. The molecular weight excluding hydrogens is 256 g/mol. The number of anilines is 2. The van der Waals surface area contributed by atoms with Crippen molar-refractivity contribution >= 4 is 11.6 Å². The van der Waals surface area contributed by atoms with Gasteiger partial charge in [0.25, 0.3) is 0 Å². The van der Waals surface area contributed by atoms with Crippen LogP contribution in [0.5, 0.6) is 0 Å². The van der Waals surface area contributed by atoms with Gasteiger partial charge < -0.3 is 20.5 Å². The maximum Gasteiger partial charge on any atom is 0.158 e. The molecule has 0 fully saturated rings. The van der Waals surface area contributed by atoms with Gasteiger partial charge in [-0.3, -0.25) is 0 Å². The Morgan fingerprint density at radius 3 is 2.80 bits per heavy atom. The largest absolute Gasteiger partial charge is 0.384 e. The third kappa shape index (κ3) is 7.25. The topological polar surface area (TPSA) is 82.3 Å². The number of nitrogens with one attached hydrogen (secondary N) is 1. The van der Waals surface area contributed by atoms with Gasteiger partial charge in [-0.2, -0.15) is 0 Å². The molecule has 0 bridgehead atoms. The summed E-state index contributed by atoms with van der Waals surface area (Å²) in [5.74, 6) is 2.36. The summed E-state index contributed by atoms with van der Waals surface area (Å²) in [5.41, 5.74) is 5.75. The van der Waals surface area contributed by atoms with Crippen LogP contribution in [-0.4, -0.2) is 36.3 Å². The number of nitrogens with two attached hydrogens (primary N) is 1. The zero-order valence-corrected chi connectivity index (χ0v) is 12.7. The summed E-state index contributed by atoms with van der Waals surface area (Å²) >= 11 is 0. The Morgan fingerprint density at radius 2 is 2.10 bits per heavy atom. The SMILES string of the molecule is CCOCc1nc(N)cc(NCCCOCC(C)C)n1. The summed E-state index contributed by atoms with van der Waals surface area (Å²) < 4.78 is 10.8. The summed E-state index contributed by atoms with van der Waals surface area (Å²) in [6.45, 7) is 9.58. The van der Waals surface area contributed by atoms with Crippen molar-refractivity contribution in [1.29, 1.82) is 0 Å². The first-order valence-corrected chi connectivity index (χ1v) is 7.14. The number of ether oxygens (including phenoxy) is 2. The van der Waals surface area contributed by atoms with Crippen molar-refractivity contribution in [3.8, 4) is 0 Å². The molecule has 6 heteroatoms. The molecule has 0 aromatic carbocycles. The first-order valence-electron chi connectivity index (χ1n) is 7.14. The van der Waals surface area contributed by atoms with Crippen LogP contribution in [0.4, 0.5) is 11.6 Å². The maximum atomic E-state index is 5.75. The van der Waals surface area contributed by atoms with Crippen LogP contribution in [0, 0.1) is 5.92 Å². The van der Waals surface area contributed by atoms with Crippen molar-refractivity contribution in [1.82, 2.24) is 9.97 Å². The van der Waals surface area contributed by atoms with Crippen LogP contribution in [0.1, 0.15) is 33.0 Å². The molecule has 1 aromatic heterocycles. The Bertz CT molecular complexity index is 385. The second-order valence-electron chi connectivity index (χ2n) is 4.98. The summed E-state index contributed by atoms with van der Waals surface area (Å²) in [4.78, 5) is 8.47. The lowest BCUT2D eigenvalue weighted by atomic mass is 10.2. The van der Waals surface area contributed by atoms with Gasteiger partial charge in [0.2, 0.25) is 0 Å². The van der Waals surface area contributed by atoms with Crippen LogP contribution in [0.15, 0.2) is 6.07 Å². The van der Waals surface area contributed by atoms with Crippen LogP contribution >= 0.6 is 0 Å². The predicted molar refractivity (Wildman–Crippen MR) is 80.5 cm³/mol. The number of hydrogen-bond acceptors (Lipinski definition) is 6. The Labute approximate surface area is 121 Å². The van der Waals surface area contributed by atoms with Crippen molar-refractivity contribution < 1.29 is 9.47 Å². The molecule has 6 nitrogen and oxygen atoms in total. The molecule has 0 amide bonds. The summed E-state index contributed by atoms with van der Waals surface area (Å²) in [5, 5.41) is 3.22. The minimum absolute atomic E-state index is 0.383. The minimum atomic E-state index is 0.383. The Hall–Kier alpha value is -1.40. The van der Waals surface area contributed by atoms with E-state index < -0.39 is 0 Å². The zero-order chi connectivity index (χ0) is 14.8. The van der Waals surface area contributed by atoms with Gasteiger partial charge in [-0.1, -0.05) is 13.8 Å². The van der Waals surface area contributed by atoms with E-state index in [9.17, 15) is 0 Å². The Kier molecular flexibility index (Phi) is 7.91. The standard InChI is InChI=1S/C14H26N4O2/c1-4-19-10-14-17-12(15)8-13(18-14)16-6-5-7-20-9-11(2)3/h8,11H,4-7,9-10H2,1-3H3,(H3,15,16,17,18). The minimum Gasteiger partial charge on any atom is -0.384 e. The van der Waals surface area contributed by atoms with E-state index in [-0.39, 0.29) is 0 Å². The van der Waals surface area contributed by atoms with Crippen molar-refractivity contribution in [2.24, 2.45) is 5.92 Å². The molecule has 0 spiro atoms. The van der Waals surface area contributed by atoms with Crippen LogP contribution in [0.2, 0.25) is 0 Å². The maximum absolute atomic E-state index is 5.75. The van der Waals surface area contributed by atoms with E-state index in [0.717, 1.165) is 32.0 Å². The molecule has 1 rings (SSSR count). The third-order valence-corrected chi connectivity index (χ3v) is 2.45. The highest BCUT2D eigenvalue weighted by Crippen LogP contribution is 2.09. The molecule has 20 heavy (non-hydrogen) atoms. The summed E-state index contributed by atoms with van der Waals surface area (Å²) in [7, 11) is 0. The lowest BCUT2D eigenvalue weighted by molar-refractivity contribution is 0.110. The van der Waals surface area contributed by atoms with E-state index in [1.165, 1.54) is 0 Å². The van der Waals surface area contributed by atoms with E-state index in [1.807, 2.05) is 6.92 Å². The van der Waals surface area contributed by atoms with Gasteiger partial charge in [0.15, 0.2) is 5.82 Å². The fourth-order valence-electron chi connectivity index (χ4n) is 1.58. The molecule has 114 valence electrons. The quantitative estimate of drug-likeness (QED) is 0.639. The van der Waals surface area contributed by atoms with Gasteiger partial charge in [0, 0.05) is 32.4 Å². The van der Waals surface area contributed by atoms with E-state index in [2.05, 4.69) is 29.1 Å². The van der Waals surface area contributed by atoms with Gasteiger partial charge in [-0.05, 0) is 19.3 Å². The van der Waals surface area contributed by atoms with Gasteiger partial charge in [0.05, 0.1) is 0 Å². The molecule has 1 heterocycles. The molecule has 0 atom stereocenters. The van der Waals surface area contributed by atoms with E-state index >= 15 is 0 Å². The van der Waals surface area contributed by atoms with E-state index in [4.69, 9.17) is 15.2 Å². The summed E-state index contributed by atoms with van der Waals surface area (Å²) in [6.07, 6.45) is 0.928. The lowest BCUT2D eigenvalue weighted by Crippen LogP contribution is -2.11. The Balaban J connectivity index is 2.30. The van der Waals surface area contributed by atoms with Gasteiger partial charge >= 0.3 is 0 Å². The number of aromatic nitrogens is 2. The van der Waals surface area contributed by atoms with Crippen molar-refractivity contribution in [2.75, 3.05) is 37.4 Å². The number of hydrogen-bond donors (Lipinski definition) is 2. The first kappa shape index (κ1) is 16.7. The molecular formula is C14H26N4O2. The molecule has 1 aromatic rings. The predicted octanol–water partition coefficient (Wildman–Crippen LogP) is 2.07. The Morgan fingerprint density at radius 1 is 1.30 bits per heavy atom. The van der Waals surface area contributed by atoms with E-state index in [1.54, 1.807) is 6.07 Å². The fraction of sp³-hybridized carbons (Fsp3) is 0.714. The monoisotopic (exact) mass is 282 g/mol. The van der Waals surface area contributed by atoms with Gasteiger partial charge in [-0.25, -0.2) is 9.97 Å². The van der Waals surface area contributed by atoms with Crippen LogP contribution in [-0.2, 0) is 16.1 Å². The third-order valence-electron chi connectivity index (χ3n) is 2.45. The van der Waals surface area contributed by atoms with Crippen LogP contribution < -0.4 is 11.1 Å². The van der Waals surface area contributed by atoms with Crippen molar-refractivity contribution in [2.45, 2.75) is 33.8 Å².